The highest BCUT2D eigenvalue weighted by molar-refractivity contribution is 5.91. The van der Waals surface area contributed by atoms with E-state index in [2.05, 4.69) is 17.2 Å². The Labute approximate surface area is 147 Å². The van der Waals surface area contributed by atoms with Crippen LogP contribution in [-0.4, -0.2) is 18.0 Å². The van der Waals surface area contributed by atoms with Crippen LogP contribution in [0.2, 0.25) is 0 Å². The standard InChI is InChI=1S/C20H22N2O3/c1-3-4-5-6-19(23)21-15-9-7-14(8-10-15)20-22-17-13-16(24-2)11-12-18(17)25-20/h7-13H,3-6H2,1-2H3,(H,21,23). The van der Waals surface area contributed by atoms with Crippen LogP contribution < -0.4 is 10.1 Å². The van der Waals surface area contributed by atoms with Crippen molar-refractivity contribution in [3.63, 3.8) is 0 Å². The first-order valence-electron chi connectivity index (χ1n) is 8.54. The predicted molar refractivity (Wildman–Crippen MR) is 98.8 cm³/mol. The first kappa shape index (κ1) is 17.0. The third-order valence-electron chi connectivity index (χ3n) is 4.02. The average Bonchev–Trinajstić information content (AvgIpc) is 3.05. The van der Waals surface area contributed by atoms with Crippen molar-refractivity contribution in [3.05, 3.63) is 42.5 Å². The van der Waals surface area contributed by atoms with E-state index in [9.17, 15) is 4.79 Å². The Balaban J connectivity index is 1.70. The highest BCUT2D eigenvalue weighted by Crippen LogP contribution is 2.27. The van der Waals surface area contributed by atoms with Crippen LogP contribution in [0, 0.1) is 0 Å². The molecule has 1 N–H and O–H groups in total. The van der Waals surface area contributed by atoms with Gasteiger partial charge in [-0.2, -0.15) is 0 Å². The molecule has 0 fully saturated rings. The molecule has 1 heterocycles. The van der Waals surface area contributed by atoms with Crippen LogP contribution >= 0.6 is 0 Å². The van der Waals surface area contributed by atoms with E-state index in [0.29, 0.717) is 17.9 Å². The van der Waals surface area contributed by atoms with Crippen LogP contribution in [0.25, 0.3) is 22.6 Å². The summed E-state index contributed by atoms with van der Waals surface area (Å²) in [5.41, 5.74) is 3.11. The Bertz CT molecular complexity index is 853. The van der Waals surface area contributed by atoms with E-state index in [-0.39, 0.29) is 5.91 Å². The number of unbranched alkanes of at least 4 members (excludes halogenated alkanes) is 2. The number of anilines is 1. The maximum absolute atomic E-state index is 11.9. The molecule has 5 heteroatoms. The molecule has 1 amide bonds. The summed E-state index contributed by atoms with van der Waals surface area (Å²) in [5.74, 6) is 1.34. The van der Waals surface area contributed by atoms with Gasteiger partial charge in [0, 0.05) is 23.7 Å². The monoisotopic (exact) mass is 338 g/mol. The van der Waals surface area contributed by atoms with Crippen molar-refractivity contribution in [3.8, 4) is 17.2 Å². The number of methoxy groups -OCH3 is 1. The summed E-state index contributed by atoms with van der Waals surface area (Å²) in [4.78, 5) is 16.4. The number of nitrogens with zero attached hydrogens (tertiary/aromatic N) is 1. The maximum Gasteiger partial charge on any atom is 0.227 e. The molecule has 0 aliphatic carbocycles. The van der Waals surface area contributed by atoms with Gasteiger partial charge in [-0.05, 0) is 42.8 Å². The minimum Gasteiger partial charge on any atom is -0.497 e. The molecule has 3 rings (SSSR count). The first-order chi connectivity index (χ1) is 12.2. The number of hydrogen-bond acceptors (Lipinski definition) is 4. The molecular formula is C20H22N2O3. The zero-order chi connectivity index (χ0) is 17.6. The van der Waals surface area contributed by atoms with Gasteiger partial charge in [-0.3, -0.25) is 4.79 Å². The second kappa shape index (κ2) is 7.83. The minimum atomic E-state index is 0.0511. The Kier molecular flexibility index (Phi) is 5.33. The zero-order valence-corrected chi connectivity index (χ0v) is 14.5. The fourth-order valence-corrected chi connectivity index (χ4v) is 2.61. The highest BCUT2D eigenvalue weighted by atomic mass is 16.5. The van der Waals surface area contributed by atoms with E-state index in [1.165, 1.54) is 0 Å². The minimum absolute atomic E-state index is 0.0511. The van der Waals surface area contributed by atoms with Crippen molar-refractivity contribution in [2.75, 3.05) is 12.4 Å². The number of rotatable bonds is 7. The highest BCUT2D eigenvalue weighted by Gasteiger charge is 2.09. The molecule has 0 saturated carbocycles. The smallest absolute Gasteiger partial charge is 0.227 e. The number of carbonyl (C=O) groups excluding carboxylic acids is 1. The van der Waals surface area contributed by atoms with Crippen molar-refractivity contribution >= 4 is 22.7 Å². The number of nitrogens with one attached hydrogen (secondary N) is 1. The van der Waals surface area contributed by atoms with Crippen molar-refractivity contribution < 1.29 is 13.9 Å². The Hall–Kier alpha value is -2.82. The van der Waals surface area contributed by atoms with Gasteiger partial charge in [0.05, 0.1) is 7.11 Å². The van der Waals surface area contributed by atoms with Crippen LogP contribution in [0.1, 0.15) is 32.6 Å². The zero-order valence-electron chi connectivity index (χ0n) is 14.5. The molecule has 0 aliphatic rings. The number of hydrogen-bond donors (Lipinski definition) is 1. The van der Waals surface area contributed by atoms with Gasteiger partial charge in [-0.1, -0.05) is 19.8 Å². The normalized spacial score (nSPS) is 10.8. The van der Waals surface area contributed by atoms with Gasteiger partial charge in [0.2, 0.25) is 11.8 Å². The third-order valence-corrected chi connectivity index (χ3v) is 4.02. The van der Waals surface area contributed by atoms with Gasteiger partial charge in [0.1, 0.15) is 11.3 Å². The summed E-state index contributed by atoms with van der Waals surface area (Å²) in [6.07, 6.45) is 3.67. The predicted octanol–water partition coefficient (Wildman–Crippen LogP) is 5.02. The number of aromatic nitrogens is 1. The Morgan fingerprint density at radius 2 is 1.96 bits per heavy atom. The van der Waals surface area contributed by atoms with Gasteiger partial charge >= 0.3 is 0 Å². The van der Waals surface area contributed by atoms with Gasteiger partial charge in [0.15, 0.2) is 5.58 Å². The number of oxazole rings is 1. The van der Waals surface area contributed by atoms with Crippen LogP contribution in [0.15, 0.2) is 46.9 Å². The molecule has 0 atom stereocenters. The molecule has 0 spiro atoms. The molecule has 1 aromatic heterocycles. The fourth-order valence-electron chi connectivity index (χ4n) is 2.61. The van der Waals surface area contributed by atoms with Gasteiger partial charge < -0.3 is 14.5 Å². The molecule has 0 radical (unpaired) electrons. The maximum atomic E-state index is 11.9. The second-order valence-electron chi connectivity index (χ2n) is 5.94. The number of ether oxygens (including phenoxy) is 1. The summed E-state index contributed by atoms with van der Waals surface area (Å²) >= 11 is 0. The topological polar surface area (TPSA) is 64.4 Å². The summed E-state index contributed by atoms with van der Waals surface area (Å²) in [6.45, 7) is 2.12. The molecule has 5 nitrogen and oxygen atoms in total. The molecule has 0 unspecified atom stereocenters. The van der Waals surface area contributed by atoms with Gasteiger partial charge in [0.25, 0.3) is 0 Å². The van der Waals surface area contributed by atoms with E-state index in [1.807, 2.05) is 42.5 Å². The number of carbonyl (C=O) groups is 1. The lowest BCUT2D eigenvalue weighted by Gasteiger charge is -2.05. The van der Waals surface area contributed by atoms with E-state index < -0.39 is 0 Å². The van der Waals surface area contributed by atoms with E-state index in [1.54, 1.807) is 7.11 Å². The molecule has 0 saturated heterocycles. The number of amides is 1. The van der Waals surface area contributed by atoms with Crippen LogP contribution in [-0.2, 0) is 4.79 Å². The lowest BCUT2D eigenvalue weighted by Crippen LogP contribution is -2.10. The second-order valence-corrected chi connectivity index (χ2v) is 5.94. The Morgan fingerprint density at radius 1 is 1.16 bits per heavy atom. The molecule has 2 aromatic carbocycles. The number of benzene rings is 2. The lowest BCUT2D eigenvalue weighted by atomic mass is 10.2. The van der Waals surface area contributed by atoms with Crippen LogP contribution in [0.4, 0.5) is 5.69 Å². The van der Waals surface area contributed by atoms with Crippen LogP contribution in [0.5, 0.6) is 5.75 Å². The van der Waals surface area contributed by atoms with Crippen molar-refractivity contribution in [1.29, 1.82) is 0 Å². The summed E-state index contributed by atoms with van der Waals surface area (Å²) < 4.78 is 11.0. The van der Waals surface area contributed by atoms with Crippen molar-refractivity contribution in [2.24, 2.45) is 0 Å². The van der Waals surface area contributed by atoms with E-state index >= 15 is 0 Å². The third kappa shape index (κ3) is 4.18. The van der Waals surface area contributed by atoms with E-state index in [4.69, 9.17) is 9.15 Å². The van der Waals surface area contributed by atoms with Gasteiger partial charge in [-0.25, -0.2) is 4.98 Å². The Morgan fingerprint density at radius 3 is 2.68 bits per heavy atom. The van der Waals surface area contributed by atoms with Gasteiger partial charge in [-0.15, -0.1) is 0 Å². The fraction of sp³-hybridized carbons (Fsp3) is 0.300. The molecule has 3 aromatic rings. The first-order valence-corrected chi connectivity index (χ1v) is 8.54. The largest absolute Gasteiger partial charge is 0.497 e. The van der Waals surface area contributed by atoms with E-state index in [0.717, 1.165) is 41.8 Å². The van der Waals surface area contributed by atoms with Crippen LogP contribution in [0.3, 0.4) is 0 Å². The van der Waals surface area contributed by atoms with Crippen molar-refractivity contribution in [1.82, 2.24) is 4.98 Å². The summed E-state index contributed by atoms with van der Waals surface area (Å²) in [6, 6.07) is 13.0. The molecular weight excluding hydrogens is 316 g/mol. The summed E-state index contributed by atoms with van der Waals surface area (Å²) in [5, 5.41) is 2.91. The average molecular weight is 338 g/mol. The number of fused-ring (bicyclic) bond motifs is 1. The molecule has 0 aliphatic heterocycles. The molecule has 130 valence electrons. The molecule has 0 bridgehead atoms. The SMILES string of the molecule is CCCCCC(=O)Nc1ccc(-c2nc3cc(OC)ccc3o2)cc1. The molecule has 25 heavy (non-hydrogen) atoms. The summed E-state index contributed by atoms with van der Waals surface area (Å²) in [7, 11) is 1.62. The van der Waals surface area contributed by atoms with Crippen molar-refractivity contribution in [2.45, 2.75) is 32.6 Å². The lowest BCUT2D eigenvalue weighted by molar-refractivity contribution is -0.116. The quantitative estimate of drug-likeness (QED) is 0.614.